The van der Waals surface area contributed by atoms with Gasteiger partial charge in [0, 0.05) is 45.2 Å². The lowest BCUT2D eigenvalue weighted by Crippen LogP contribution is -2.36. The van der Waals surface area contributed by atoms with Crippen molar-refractivity contribution >= 4 is 17.2 Å². The predicted molar refractivity (Wildman–Crippen MR) is 89.1 cm³/mol. The molecule has 1 atom stereocenters. The molecular weight excluding hydrogens is 298 g/mol. The molecule has 2 rings (SSSR count). The van der Waals surface area contributed by atoms with Crippen LogP contribution in [0.25, 0.3) is 0 Å². The van der Waals surface area contributed by atoms with E-state index in [0.29, 0.717) is 6.42 Å². The van der Waals surface area contributed by atoms with Crippen molar-refractivity contribution in [3.8, 4) is 0 Å². The summed E-state index contributed by atoms with van der Waals surface area (Å²) in [6.07, 6.45) is 2.50. The lowest BCUT2D eigenvalue weighted by atomic mass is 10.2. The molecule has 1 aliphatic heterocycles. The Labute approximate surface area is 137 Å². The number of aromatic nitrogens is 1. The van der Waals surface area contributed by atoms with Crippen LogP contribution in [-0.4, -0.2) is 60.1 Å². The highest BCUT2D eigenvalue weighted by molar-refractivity contribution is 7.09. The summed E-state index contributed by atoms with van der Waals surface area (Å²) in [6, 6.07) is 0. The molecular formula is C16H27N3O2S. The number of hydrogen-bond donors (Lipinski definition) is 0. The second-order valence-electron chi connectivity index (χ2n) is 5.85. The predicted octanol–water partition coefficient (Wildman–Crippen LogP) is 2.16. The Morgan fingerprint density at radius 3 is 2.91 bits per heavy atom. The molecule has 0 spiro atoms. The normalized spacial score (nSPS) is 18.2. The highest BCUT2D eigenvalue weighted by Gasteiger charge is 2.21. The van der Waals surface area contributed by atoms with Gasteiger partial charge in [-0.05, 0) is 19.8 Å². The van der Waals surface area contributed by atoms with Crippen LogP contribution in [0.5, 0.6) is 0 Å². The van der Waals surface area contributed by atoms with Gasteiger partial charge in [0.05, 0.1) is 23.2 Å². The SMILES string of the molecule is CCc1nc(CN2CCCN(C(=O)C[C@@H](C)OC)CC2)cs1. The second kappa shape index (κ2) is 8.60. The van der Waals surface area contributed by atoms with E-state index in [2.05, 4.69) is 22.2 Å². The highest BCUT2D eigenvalue weighted by Crippen LogP contribution is 2.14. The third kappa shape index (κ3) is 5.04. The van der Waals surface area contributed by atoms with Gasteiger partial charge in [-0.15, -0.1) is 11.3 Å². The van der Waals surface area contributed by atoms with Crippen LogP contribution in [0.3, 0.4) is 0 Å². The fraction of sp³-hybridized carbons (Fsp3) is 0.750. The fourth-order valence-electron chi connectivity index (χ4n) is 2.65. The van der Waals surface area contributed by atoms with Crippen molar-refractivity contribution < 1.29 is 9.53 Å². The largest absolute Gasteiger partial charge is 0.381 e. The Morgan fingerprint density at radius 1 is 1.41 bits per heavy atom. The monoisotopic (exact) mass is 325 g/mol. The number of amides is 1. The molecule has 0 N–H and O–H groups in total. The van der Waals surface area contributed by atoms with E-state index in [1.165, 1.54) is 5.01 Å². The first-order chi connectivity index (χ1) is 10.6. The lowest BCUT2D eigenvalue weighted by Gasteiger charge is -2.22. The number of ether oxygens (including phenoxy) is 1. The molecule has 1 aromatic rings. The summed E-state index contributed by atoms with van der Waals surface area (Å²) < 4.78 is 5.19. The molecule has 124 valence electrons. The van der Waals surface area contributed by atoms with E-state index in [1.807, 2.05) is 11.8 Å². The Morgan fingerprint density at radius 2 is 2.23 bits per heavy atom. The van der Waals surface area contributed by atoms with Crippen LogP contribution in [0, 0.1) is 0 Å². The number of nitrogens with zero attached hydrogens (tertiary/aromatic N) is 3. The summed E-state index contributed by atoms with van der Waals surface area (Å²) >= 11 is 1.74. The topological polar surface area (TPSA) is 45.7 Å². The van der Waals surface area contributed by atoms with Crippen molar-refractivity contribution in [3.05, 3.63) is 16.1 Å². The molecule has 1 amide bonds. The van der Waals surface area contributed by atoms with Crippen LogP contribution in [0.4, 0.5) is 0 Å². The van der Waals surface area contributed by atoms with Gasteiger partial charge in [-0.1, -0.05) is 6.92 Å². The first kappa shape index (κ1) is 17.4. The minimum absolute atomic E-state index is 0.00525. The first-order valence-electron chi connectivity index (χ1n) is 8.08. The highest BCUT2D eigenvalue weighted by atomic mass is 32.1. The van der Waals surface area contributed by atoms with Gasteiger partial charge in [-0.25, -0.2) is 4.98 Å². The van der Waals surface area contributed by atoms with Crippen LogP contribution in [0.15, 0.2) is 5.38 Å². The van der Waals surface area contributed by atoms with Crippen LogP contribution in [0.1, 0.15) is 37.4 Å². The van der Waals surface area contributed by atoms with Gasteiger partial charge in [-0.2, -0.15) is 0 Å². The molecule has 0 aromatic carbocycles. The molecule has 0 unspecified atom stereocenters. The molecule has 6 heteroatoms. The Bertz CT molecular complexity index is 478. The van der Waals surface area contributed by atoms with Crippen LogP contribution < -0.4 is 0 Å². The van der Waals surface area contributed by atoms with Gasteiger partial charge in [0.25, 0.3) is 0 Å². The van der Waals surface area contributed by atoms with Gasteiger partial charge in [0.15, 0.2) is 0 Å². The van der Waals surface area contributed by atoms with E-state index in [9.17, 15) is 4.79 Å². The molecule has 5 nitrogen and oxygen atoms in total. The van der Waals surface area contributed by atoms with Gasteiger partial charge in [0.2, 0.25) is 5.91 Å². The number of thiazole rings is 1. The maximum absolute atomic E-state index is 12.2. The van der Waals surface area contributed by atoms with Gasteiger partial charge >= 0.3 is 0 Å². The zero-order valence-electron chi connectivity index (χ0n) is 13.9. The zero-order valence-corrected chi connectivity index (χ0v) is 14.7. The zero-order chi connectivity index (χ0) is 15.9. The van der Waals surface area contributed by atoms with Gasteiger partial charge in [0.1, 0.15) is 0 Å². The quantitative estimate of drug-likeness (QED) is 0.804. The van der Waals surface area contributed by atoms with Crippen LogP contribution >= 0.6 is 11.3 Å². The number of carbonyl (C=O) groups is 1. The van der Waals surface area contributed by atoms with Crippen molar-refractivity contribution in [2.24, 2.45) is 0 Å². The molecule has 0 saturated carbocycles. The van der Waals surface area contributed by atoms with Crippen LogP contribution in [-0.2, 0) is 22.5 Å². The molecule has 1 aromatic heterocycles. The third-order valence-corrected chi connectivity index (χ3v) is 5.14. The summed E-state index contributed by atoms with van der Waals surface area (Å²) in [4.78, 5) is 21.3. The minimum atomic E-state index is -0.00525. The fourth-order valence-corrected chi connectivity index (χ4v) is 3.39. The molecule has 2 heterocycles. The van der Waals surface area contributed by atoms with Gasteiger partial charge in [-0.3, -0.25) is 9.69 Å². The average molecular weight is 325 g/mol. The Kier molecular flexibility index (Phi) is 6.79. The second-order valence-corrected chi connectivity index (χ2v) is 6.79. The maximum Gasteiger partial charge on any atom is 0.225 e. The van der Waals surface area contributed by atoms with Crippen molar-refractivity contribution in [1.82, 2.24) is 14.8 Å². The number of rotatable bonds is 6. The summed E-state index contributed by atoms with van der Waals surface area (Å²) in [5.41, 5.74) is 1.16. The van der Waals surface area contributed by atoms with Crippen molar-refractivity contribution in [2.45, 2.75) is 45.8 Å². The average Bonchev–Trinajstić information content (AvgIpc) is 2.84. The molecule has 0 bridgehead atoms. The summed E-state index contributed by atoms with van der Waals surface area (Å²) in [5.74, 6) is 0.207. The Hall–Kier alpha value is -0.980. The van der Waals surface area contributed by atoms with E-state index in [1.54, 1.807) is 18.4 Å². The smallest absolute Gasteiger partial charge is 0.225 e. The Balaban J connectivity index is 1.82. The molecule has 0 radical (unpaired) electrons. The third-order valence-electron chi connectivity index (χ3n) is 4.09. The van der Waals surface area contributed by atoms with E-state index < -0.39 is 0 Å². The number of aryl methyl sites for hydroxylation is 1. The standard InChI is InChI=1S/C16H27N3O2S/c1-4-15-17-14(12-22-15)11-18-6-5-7-19(9-8-18)16(20)10-13(2)21-3/h12-13H,4-11H2,1-3H3/t13-/m1/s1. The summed E-state index contributed by atoms with van der Waals surface area (Å²) in [7, 11) is 1.65. The molecule has 1 fully saturated rings. The molecule has 22 heavy (non-hydrogen) atoms. The lowest BCUT2D eigenvalue weighted by molar-refractivity contribution is -0.133. The van der Waals surface area contributed by atoms with E-state index in [4.69, 9.17) is 4.74 Å². The number of carbonyl (C=O) groups excluding carboxylic acids is 1. The molecule has 0 aliphatic carbocycles. The number of methoxy groups -OCH3 is 1. The van der Waals surface area contributed by atoms with Gasteiger partial charge < -0.3 is 9.64 Å². The maximum atomic E-state index is 12.2. The van der Waals surface area contributed by atoms with Crippen molar-refractivity contribution in [1.29, 1.82) is 0 Å². The number of hydrogen-bond acceptors (Lipinski definition) is 5. The molecule has 1 saturated heterocycles. The van der Waals surface area contributed by atoms with E-state index in [-0.39, 0.29) is 12.0 Å². The summed E-state index contributed by atoms with van der Waals surface area (Å²) in [5, 5.41) is 3.36. The molecule has 1 aliphatic rings. The van der Waals surface area contributed by atoms with Crippen molar-refractivity contribution in [3.63, 3.8) is 0 Å². The minimum Gasteiger partial charge on any atom is -0.381 e. The summed E-state index contributed by atoms with van der Waals surface area (Å²) in [6.45, 7) is 8.58. The first-order valence-corrected chi connectivity index (χ1v) is 8.96. The van der Waals surface area contributed by atoms with E-state index in [0.717, 1.165) is 51.3 Å². The van der Waals surface area contributed by atoms with E-state index >= 15 is 0 Å². The van der Waals surface area contributed by atoms with Crippen molar-refractivity contribution in [2.75, 3.05) is 33.3 Å². The van der Waals surface area contributed by atoms with Crippen LogP contribution in [0.2, 0.25) is 0 Å².